The van der Waals surface area contributed by atoms with E-state index in [9.17, 15) is 14.0 Å². The van der Waals surface area contributed by atoms with Gasteiger partial charge in [-0.3, -0.25) is 9.59 Å². The summed E-state index contributed by atoms with van der Waals surface area (Å²) in [5.74, 6) is -2.50. The molecule has 1 rings (SSSR count). The van der Waals surface area contributed by atoms with E-state index in [4.69, 9.17) is 10.8 Å². The van der Waals surface area contributed by atoms with Crippen molar-refractivity contribution in [1.82, 2.24) is 0 Å². The van der Waals surface area contributed by atoms with Crippen molar-refractivity contribution in [1.29, 1.82) is 0 Å². The number of hydrogen-bond donors (Lipinski definition) is 2. The molecule has 0 aromatic heterocycles. The van der Waals surface area contributed by atoms with Gasteiger partial charge in [-0.15, -0.1) is 6.58 Å². The van der Waals surface area contributed by atoms with Crippen LogP contribution in [0.1, 0.15) is 10.4 Å². The number of aliphatic carboxylic acids is 1. The summed E-state index contributed by atoms with van der Waals surface area (Å²) in [6.07, 6.45) is 1.48. The average molecular weight is 252 g/mol. The molecule has 0 aliphatic heterocycles. The first-order valence-corrected chi connectivity index (χ1v) is 5.12. The number of primary amides is 1. The van der Waals surface area contributed by atoms with Crippen molar-refractivity contribution in [3.05, 3.63) is 42.2 Å². The molecule has 0 fully saturated rings. The van der Waals surface area contributed by atoms with Gasteiger partial charge in [-0.05, 0) is 18.2 Å². The minimum atomic E-state index is -1.07. The number of benzene rings is 1. The van der Waals surface area contributed by atoms with Gasteiger partial charge in [-0.1, -0.05) is 6.08 Å². The maximum absolute atomic E-state index is 13.1. The third kappa shape index (κ3) is 3.31. The van der Waals surface area contributed by atoms with E-state index in [2.05, 4.69) is 6.58 Å². The van der Waals surface area contributed by atoms with Gasteiger partial charge in [0.2, 0.25) is 0 Å². The smallest absolute Gasteiger partial charge is 0.323 e. The summed E-state index contributed by atoms with van der Waals surface area (Å²) in [5, 5.41) is 8.79. The number of anilines is 1. The Hall–Kier alpha value is -2.37. The lowest BCUT2D eigenvalue weighted by molar-refractivity contribution is -0.135. The van der Waals surface area contributed by atoms with E-state index in [1.807, 2.05) is 0 Å². The van der Waals surface area contributed by atoms with Gasteiger partial charge in [0.05, 0.1) is 11.3 Å². The van der Waals surface area contributed by atoms with Crippen LogP contribution in [0, 0.1) is 5.82 Å². The van der Waals surface area contributed by atoms with Crippen LogP contribution in [0.4, 0.5) is 10.1 Å². The van der Waals surface area contributed by atoms with Gasteiger partial charge in [-0.2, -0.15) is 0 Å². The fourth-order valence-corrected chi connectivity index (χ4v) is 1.55. The van der Waals surface area contributed by atoms with Gasteiger partial charge in [0.15, 0.2) is 0 Å². The summed E-state index contributed by atoms with van der Waals surface area (Å²) in [6.45, 7) is 3.37. The minimum absolute atomic E-state index is 0.0573. The molecule has 1 aromatic carbocycles. The fourth-order valence-electron chi connectivity index (χ4n) is 1.55. The van der Waals surface area contributed by atoms with Crippen LogP contribution in [-0.4, -0.2) is 30.1 Å². The van der Waals surface area contributed by atoms with Crippen LogP contribution in [-0.2, 0) is 4.79 Å². The minimum Gasteiger partial charge on any atom is -0.480 e. The largest absolute Gasteiger partial charge is 0.480 e. The molecule has 0 spiro atoms. The molecule has 96 valence electrons. The van der Waals surface area contributed by atoms with Crippen molar-refractivity contribution in [2.45, 2.75) is 0 Å². The van der Waals surface area contributed by atoms with Gasteiger partial charge in [0, 0.05) is 6.54 Å². The Morgan fingerprint density at radius 1 is 1.50 bits per heavy atom. The maximum Gasteiger partial charge on any atom is 0.323 e. The molecule has 0 radical (unpaired) electrons. The highest BCUT2D eigenvalue weighted by Gasteiger charge is 2.17. The van der Waals surface area contributed by atoms with E-state index < -0.39 is 17.7 Å². The highest BCUT2D eigenvalue weighted by molar-refractivity contribution is 5.99. The van der Waals surface area contributed by atoms with Crippen molar-refractivity contribution in [2.24, 2.45) is 5.73 Å². The van der Waals surface area contributed by atoms with E-state index in [-0.39, 0.29) is 24.3 Å². The summed E-state index contributed by atoms with van der Waals surface area (Å²) >= 11 is 0. The third-order valence-electron chi connectivity index (χ3n) is 2.24. The van der Waals surface area contributed by atoms with Crippen LogP contribution in [0.5, 0.6) is 0 Å². The van der Waals surface area contributed by atoms with Crippen molar-refractivity contribution >= 4 is 17.6 Å². The van der Waals surface area contributed by atoms with Crippen LogP contribution < -0.4 is 10.6 Å². The van der Waals surface area contributed by atoms with E-state index in [0.717, 1.165) is 12.1 Å². The zero-order valence-electron chi connectivity index (χ0n) is 9.60. The molecular weight excluding hydrogens is 239 g/mol. The summed E-state index contributed by atoms with van der Waals surface area (Å²) < 4.78 is 13.1. The molecule has 5 nitrogen and oxygen atoms in total. The number of nitrogens with two attached hydrogens (primary N) is 1. The summed E-state index contributed by atoms with van der Waals surface area (Å²) in [4.78, 5) is 23.3. The number of hydrogen-bond acceptors (Lipinski definition) is 3. The number of amides is 1. The molecule has 1 amide bonds. The number of carboxylic acid groups (broad SMARTS) is 1. The van der Waals surface area contributed by atoms with Crippen LogP contribution in [0.2, 0.25) is 0 Å². The number of nitrogens with zero attached hydrogens (tertiary/aromatic N) is 1. The number of halogens is 1. The average Bonchev–Trinajstić information content (AvgIpc) is 2.27. The van der Waals surface area contributed by atoms with Crippen molar-refractivity contribution in [2.75, 3.05) is 18.0 Å². The molecule has 0 bridgehead atoms. The summed E-state index contributed by atoms with van der Waals surface area (Å²) in [7, 11) is 0. The Kier molecular flexibility index (Phi) is 4.42. The zero-order valence-corrected chi connectivity index (χ0v) is 9.60. The van der Waals surface area contributed by atoms with Gasteiger partial charge in [-0.25, -0.2) is 4.39 Å². The van der Waals surface area contributed by atoms with E-state index in [0.29, 0.717) is 0 Å². The first-order valence-electron chi connectivity index (χ1n) is 5.12. The number of rotatable bonds is 6. The second kappa shape index (κ2) is 5.81. The Labute approximate surface area is 103 Å². The first-order chi connectivity index (χ1) is 8.45. The lowest BCUT2D eigenvalue weighted by Gasteiger charge is -2.23. The highest BCUT2D eigenvalue weighted by Crippen LogP contribution is 2.21. The highest BCUT2D eigenvalue weighted by atomic mass is 19.1. The second-order valence-corrected chi connectivity index (χ2v) is 3.59. The van der Waals surface area contributed by atoms with Crippen molar-refractivity contribution < 1.29 is 19.1 Å². The standard InChI is InChI=1S/C12H13FN2O3/c1-2-5-15(7-11(16)17)10-4-3-8(13)6-9(10)12(14)18/h2-4,6H,1,5,7H2,(H2,14,18)(H,16,17). The molecule has 0 heterocycles. The molecule has 6 heteroatoms. The lowest BCUT2D eigenvalue weighted by atomic mass is 10.1. The van der Waals surface area contributed by atoms with Crippen LogP contribution in [0.3, 0.4) is 0 Å². The summed E-state index contributed by atoms with van der Waals surface area (Å²) in [5.41, 5.74) is 5.36. The monoisotopic (exact) mass is 252 g/mol. The Balaban J connectivity index is 3.21. The van der Waals surface area contributed by atoms with Crippen molar-refractivity contribution in [3.63, 3.8) is 0 Å². The molecule has 0 saturated heterocycles. The quantitative estimate of drug-likeness (QED) is 0.740. The molecular formula is C12H13FN2O3. The Morgan fingerprint density at radius 3 is 2.67 bits per heavy atom. The van der Waals surface area contributed by atoms with Crippen molar-refractivity contribution in [3.8, 4) is 0 Å². The van der Waals surface area contributed by atoms with Crippen LogP contribution >= 0.6 is 0 Å². The topological polar surface area (TPSA) is 83.6 Å². The molecule has 0 aliphatic rings. The Bertz CT molecular complexity index is 488. The van der Waals surface area contributed by atoms with Gasteiger partial charge in [0.1, 0.15) is 12.4 Å². The second-order valence-electron chi connectivity index (χ2n) is 3.59. The third-order valence-corrected chi connectivity index (χ3v) is 2.24. The molecule has 18 heavy (non-hydrogen) atoms. The van der Waals surface area contributed by atoms with E-state index in [1.165, 1.54) is 17.0 Å². The predicted octanol–water partition coefficient (Wildman–Crippen LogP) is 1.00. The van der Waals surface area contributed by atoms with Gasteiger partial charge < -0.3 is 15.7 Å². The molecule has 0 unspecified atom stereocenters. The molecule has 0 aliphatic carbocycles. The molecule has 3 N–H and O–H groups in total. The Morgan fingerprint density at radius 2 is 2.17 bits per heavy atom. The van der Waals surface area contributed by atoms with Crippen LogP contribution in [0.15, 0.2) is 30.9 Å². The number of carboxylic acids is 1. The van der Waals surface area contributed by atoms with Gasteiger partial charge in [0.25, 0.3) is 5.91 Å². The maximum atomic E-state index is 13.1. The molecule has 0 atom stereocenters. The lowest BCUT2D eigenvalue weighted by Crippen LogP contribution is -2.31. The predicted molar refractivity (Wildman–Crippen MR) is 65.0 cm³/mol. The van der Waals surface area contributed by atoms with Gasteiger partial charge >= 0.3 is 5.97 Å². The molecule has 1 aromatic rings. The summed E-state index contributed by atoms with van der Waals surface area (Å²) in [6, 6.07) is 3.44. The van der Waals surface area contributed by atoms with Crippen LogP contribution in [0.25, 0.3) is 0 Å². The first kappa shape index (κ1) is 13.7. The zero-order chi connectivity index (χ0) is 13.7. The van der Waals surface area contributed by atoms with E-state index in [1.54, 1.807) is 0 Å². The van der Waals surface area contributed by atoms with E-state index >= 15 is 0 Å². The number of carbonyl (C=O) groups excluding carboxylic acids is 1. The number of carbonyl (C=O) groups is 2. The molecule has 0 saturated carbocycles. The fraction of sp³-hybridized carbons (Fsp3) is 0.167. The SMILES string of the molecule is C=CCN(CC(=O)O)c1ccc(F)cc1C(N)=O. The normalized spacial score (nSPS) is 9.83.